The minimum Gasteiger partial charge on any atom is -0.479 e. The van der Waals surface area contributed by atoms with E-state index in [0.717, 1.165) is 62.9 Å². The molecule has 6 rings (SSSR count). The smallest absolute Gasteiger partial charge is 0.408 e. The molecule has 0 spiro atoms. The molecule has 4 aliphatic heterocycles. The third-order valence-corrected chi connectivity index (χ3v) is 12.9. The number of amides is 3. The molecule has 5 fully saturated rings. The lowest BCUT2D eigenvalue weighted by molar-refractivity contribution is -0.145. The van der Waals surface area contributed by atoms with Crippen molar-refractivity contribution in [3.05, 3.63) is 12.2 Å². The first-order chi connectivity index (χ1) is 23.9. The van der Waals surface area contributed by atoms with Gasteiger partial charge >= 0.3 is 12.1 Å². The number of alkyl carbamates (subject to hydrolysis) is 1. The second-order valence-electron chi connectivity index (χ2n) is 16.3. The number of aliphatic carboxylic acids is 1. The molecule has 0 aromatic heterocycles. The summed E-state index contributed by atoms with van der Waals surface area (Å²) in [4.78, 5) is 55.8. The molecule has 8 atom stereocenters. The number of hydrogen-bond donors (Lipinski definition) is 5. The van der Waals surface area contributed by atoms with Gasteiger partial charge in [-0.05, 0) is 108 Å². The Bertz CT molecular complexity index is 1280. The van der Waals surface area contributed by atoms with E-state index in [0.29, 0.717) is 43.6 Å². The van der Waals surface area contributed by atoms with Crippen molar-refractivity contribution in [2.24, 2.45) is 17.8 Å². The summed E-state index contributed by atoms with van der Waals surface area (Å²) in [5.74, 6) is 1.06. The summed E-state index contributed by atoms with van der Waals surface area (Å²) in [6.07, 6.45) is 13.2. The number of thioether (sulfide) groups is 1. The van der Waals surface area contributed by atoms with Gasteiger partial charge in [-0.25, -0.2) is 20.4 Å². The lowest BCUT2D eigenvalue weighted by atomic mass is 9.77. The van der Waals surface area contributed by atoms with Crippen LogP contribution in [-0.4, -0.2) is 112 Å². The molecule has 0 aromatic rings. The number of hydrogen-bond acceptors (Lipinski definition) is 10. The van der Waals surface area contributed by atoms with Gasteiger partial charge < -0.3 is 30.1 Å². The van der Waals surface area contributed by atoms with E-state index >= 15 is 0 Å². The van der Waals surface area contributed by atoms with Gasteiger partial charge in [0, 0.05) is 31.7 Å². The maximum atomic E-state index is 14.5. The van der Waals surface area contributed by atoms with E-state index in [4.69, 9.17) is 9.47 Å². The summed E-state index contributed by atoms with van der Waals surface area (Å²) in [5.41, 5.74) is 5.51. The van der Waals surface area contributed by atoms with Crippen molar-refractivity contribution in [2.45, 2.75) is 145 Å². The maximum Gasteiger partial charge on any atom is 0.408 e. The number of carbonyl (C=O) groups is 4. The minimum atomic E-state index is -1.38. The zero-order valence-electron chi connectivity index (χ0n) is 30.2. The lowest BCUT2D eigenvalue weighted by Gasteiger charge is -2.35. The van der Waals surface area contributed by atoms with Crippen LogP contribution in [0.4, 0.5) is 4.79 Å². The predicted molar refractivity (Wildman–Crippen MR) is 190 cm³/mol. The molecule has 0 aromatic carbocycles. The average molecular weight is 719 g/mol. The first-order valence-corrected chi connectivity index (χ1v) is 20.0. The maximum absolute atomic E-state index is 14.5. The normalized spacial score (nSPS) is 39.4. The number of nitrogens with zero attached hydrogens (tertiary/aromatic N) is 2. The highest BCUT2D eigenvalue weighted by Gasteiger charge is 2.61. The van der Waals surface area contributed by atoms with Crippen LogP contribution < -0.4 is 21.5 Å². The molecule has 2 saturated carbocycles. The van der Waals surface area contributed by atoms with Crippen LogP contribution in [0.5, 0.6) is 0 Å². The van der Waals surface area contributed by atoms with E-state index in [1.807, 2.05) is 23.9 Å². The number of hydrazine groups is 2. The molecule has 5 N–H and O–H groups in total. The quantitative estimate of drug-likeness (QED) is 0.256. The monoisotopic (exact) mass is 718 g/mol. The molecule has 14 heteroatoms. The van der Waals surface area contributed by atoms with Crippen LogP contribution in [0.15, 0.2) is 12.2 Å². The first-order valence-electron chi connectivity index (χ1n) is 18.8. The second-order valence-corrected chi connectivity index (χ2v) is 17.5. The molecule has 280 valence electrons. The molecule has 50 heavy (non-hydrogen) atoms. The van der Waals surface area contributed by atoms with Gasteiger partial charge in [-0.3, -0.25) is 9.59 Å². The number of carboxylic acid groups (broad SMARTS) is 1. The van der Waals surface area contributed by atoms with Crippen molar-refractivity contribution in [2.75, 3.05) is 25.2 Å². The Morgan fingerprint density at radius 2 is 1.76 bits per heavy atom. The fourth-order valence-electron chi connectivity index (χ4n) is 8.76. The number of rotatable bonds is 6. The summed E-state index contributed by atoms with van der Waals surface area (Å²) in [6, 6.07) is -1.58. The van der Waals surface area contributed by atoms with Crippen molar-refractivity contribution in [1.29, 1.82) is 0 Å². The minimum absolute atomic E-state index is 0.218. The third kappa shape index (κ3) is 8.46. The molecule has 2 aliphatic carbocycles. The number of fused-ring (bicyclic) bond motifs is 2. The second kappa shape index (κ2) is 15.7. The Hall–Kier alpha value is -2.39. The van der Waals surface area contributed by atoms with E-state index in [1.165, 1.54) is 0 Å². The molecular formula is C36H58N6O7S. The van der Waals surface area contributed by atoms with Gasteiger partial charge in [0.2, 0.25) is 11.8 Å². The molecule has 0 radical (unpaired) electrons. The SMILES string of the molecule is COC1CCC(C2NN([C@H]3C[C@H]4C(=O)N[C@@]5(C(=O)O)C[C@H]5/C=C\CCCCC[C@@H](NC(=O)OC(C)(C)C)C(=O)N4C3)NC2C2CCSC2)CC1. The van der Waals surface area contributed by atoms with Gasteiger partial charge in [0.05, 0.1) is 12.1 Å². The average Bonchev–Trinajstić information content (AvgIpc) is 3.52. The van der Waals surface area contributed by atoms with E-state index in [9.17, 15) is 24.3 Å². The van der Waals surface area contributed by atoms with Gasteiger partial charge in [-0.15, -0.1) is 0 Å². The fraction of sp³-hybridized carbons (Fsp3) is 0.833. The molecule has 6 aliphatic rings. The summed E-state index contributed by atoms with van der Waals surface area (Å²) < 4.78 is 11.2. The van der Waals surface area contributed by atoms with Gasteiger partial charge in [-0.2, -0.15) is 16.9 Å². The Balaban J connectivity index is 1.25. The number of allylic oxidation sites excluding steroid dienone is 1. The van der Waals surface area contributed by atoms with E-state index in [-0.39, 0.29) is 36.5 Å². The third-order valence-electron chi connectivity index (χ3n) is 11.7. The number of carboxylic acids is 1. The van der Waals surface area contributed by atoms with E-state index < -0.39 is 41.2 Å². The number of ether oxygens (including phenoxy) is 2. The molecule has 0 bridgehead atoms. The zero-order valence-corrected chi connectivity index (χ0v) is 31.0. The van der Waals surface area contributed by atoms with E-state index in [2.05, 4.69) is 26.6 Å². The van der Waals surface area contributed by atoms with Crippen molar-refractivity contribution in [1.82, 2.24) is 31.5 Å². The lowest BCUT2D eigenvalue weighted by Crippen LogP contribution is -2.56. The van der Waals surface area contributed by atoms with Crippen molar-refractivity contribution in [3.8, 4) is 0 Å². The van der Waals surface area contributed by atoms with Crippen LogP contribution in [0, 0.1) is 17.8 Å². The Kier molecular flexibility index (Phi) is 11.7. The number of methoxy groups -OCH3 is 1. The Morgan fingerprint density at radius 1 is 1.02 bits per heavy atom. The van der Waals surface area contributed by atoms with Crippen molar-refractivity contribution < 1.29 is 33.8 Å². The van der Waals surface area contributed by atoms with Gasteiger partial charge in [0.15, 0.2) is 0 Å². The Labute approximate surface area is 300 Å². The van der Waals surface area contributed by atoms with Crippen molar-refractivity contribution >= 4 is 35.6 Å². The molecule has 3 unspecified atom stereocenters. The summed E-state index contributed by atoms with van der Waals surface area (Å²) in [6.45, 7) is 5.58. The van der Waals surface area contributed by atoms with Crippen LogP contribution in [0.3, 0.4) is 0 Å². The number of carbonyl (C=O) groups excluding carboxylic acids is 3. The largest absolute Gasteiger partial charge is 0.479 e. The topological polar surface area (TPSA) is 162 Å². The molecule has 3 saturated heterocycles. The highest BCUT2D eigenvalue weighted by atomic mass is 32.2. The molecule has 3 amide bonds. The van der Waals surface area contributed by atoms with Crippen LogP contribution in [-0.2, 0) is 23.9 Å². The van der Waals surface area contributed by atoms with Crippen LogP contribution >= 0.6 is 11.8 Å². The summed E-state index contributed by atoms with van der Waals surface area (Å²) in [7, 11) is 1.79. The van der Waals surface area contributed by atoms with Crippen LogP contribution in [0.2, 0.25) is 0 Å². The summed E-state index contributed by atoms with van der Waals surface area (Å²) in [5, 5.41) is 18.0. The van der Waals surface area contributed by atoms with E-state index in [1.54, 1.807) is 32.8 Å². The zero-order chi connectivity index (χ0) is 35.6. The van der Waals surface area contributed by atoms with Crippen LogP contribution in [0.25, 0.3) is 0 Å². The highest BCUT2D eigenvalue weighted by Crippen LogP contribution is 2.45. The summed E-state index contributed by atoms with van der Waals surface area (Å²) >= 11 is 1.99. The van der Waals surface area contributed by atoms with Gasteiger partial charge in [0.1, 0.15) is 23.2 Å². The highest BCUT2D eigenvalue weighted by molar-refractivity contribution is 7.99. The van der Waals surface area contributed by atoms with Gasteiger partial charge in [0.25, 0.3) is 0 Å². The predicted octanol–water partition coefficient (Wildman–Crippen LogP) is 3.35. The first kappa shape index (κ1) is 37.4. The standard InChI is InChI=1S/C36H58N6O7S/c1-35(2,3)49-34(47)37-27-11-9-7-5-6-8-10-24-19-36(24,33(45)46)38-31(43)28-18-25(20-41(28)32(27)44)42-39-29(22-12-14-26(48-4)15-13-22)30(40-42)23-16-17-50-21-23/h8,10,22-30,39-40H,5-7,9,11-21H2,1-4H3,(H,37,47)(H,38,43)(H,45,46)/b10-8-/t22?,23?,24-,25+,26?,27-,28+,29?,30?,36+/m1/s1. The Morgan fingerprint density at radius 3 is 2.42 bits per heavy atom. The molecule has 4 heterocycles. The van der Waals surface area contributed by atoms with Gasteiger partial charge in [-0.1, -0.05) is 25.0 Å². The van der Waals surface area contributed by atoms with Crippen molar-refractivity contribution in [3.63, 3.8) is 0 Å². The van der Waals surface area contributed by atoms with Crippen LogP contribution in [0.1, 0.15) is 97.8 Å². The fourth-order valence-corrected chi connectivity index (χ4v) is 10.1. The molecular weight excluding hydrogens is 660 g/mol. The number of nitrogens with one attached hydrogen (secondary N) is 4. The molecule has 13 nitrogen and oxygen atoms in total.